The number of hydrogen-bond donors (Lipinski definition) is 1. The summed E-state index contributed by atoms with van der Waals surface area (Å²) in [6, 6.07) is 3.75. The zero-order valence-electron chi connectivity index (χ0n) is 13.8. The van der Waals surface area contributed by atoms with Crippen LogP contribution in [0.1, 0.15) is 6.92 Å². The van der Waals surface area contributed by atoms with Crippen LogP contribution in [-0.2, 0) is 0 Å². The summed E-state index contributed by atoms with van der Waals surface area (Å²) < 4.78 is 5.63. The van der Waals surface area contributed by atoms with E-state index in [4.69, 9.17) is 10.5 Å². The number of hydrogen-bond acceptors (Lipinski definition) is 9. The second-order valence-corrected chi connectivity index (χ2v) is 5.43. The first-order valence-electron chi connectivity index (χ1n) is 7.94. The third kappa shape index (κ3) is 3.52. The van der Waals surface area contributed by atoms with E-state index in [1.54, 1.807) is 6.20 Å². The highest BCUT2D eigenvalue weighted by Crippen LogP contribution is 2.27. The number of nitrogen functional groups attached to an aromatic ring is 1. The Hall–Kier alpha value is -3.17. The predicted molar refractivity (Wildman–Crippen MR) is 92.9 cm³/mol. The Morgan fingerprint density at radius 3 is 2.64 bits per heavy atom. The molecule has 2 N–H and O–H groups in total. The summed E-state index contributed by atoms with van der Waals surface area (Å²) in [5.41, 5.74) is 5.36. The molecule has 0 radical (unpaired) electrons. The van der Waals surface area contributed by atoms with E-state index in [1.807, 2.05) is 24.0 Å². The smallest absolute Gasteiger partial charge is 0.329 e. The van der Waals surface area contributed by atoms with Crippen molar-refractivity contribution in [3.8, 4) is 5.75 Å². The fourth-order valence-electron chi connectivity index (χ4n) is 2.68. The molecule has 132 valence electrons. The molecule has 3 heterocycles. The monoisotopic (exact) mass is 345 g/mol. The van der Waals surface area contributed by atoms with Gasteiger partial charge in [-0.1, -0.05) is 0 Å². The van der Waals surface area contributed by atoms with Crippen LogP contribution in [0.5, 0.6) is 5.75 Å². The van der Waals surface area contributed by atoms with E-state index in [1.165, 1.54) is 0 Å². The van der Waals surface area contributed by atoms with Crippen molar-refractivity contribution in [2.75, 3.05) is 48.3 Å². The first kappa shape index (κ1) is 16.7. The van der Waals surface area contributed by atoms with Crippen LogP contribution >= 0.6 is 0 Å². The molecule has 0 aromatic carbocycles. The van der Waals surface area contributed by atoms with Crippen molar-refractivity contribution in [2.24, 2.45) is 0 Å². The number of pyridine rings is 1. The van der Waals surface area contributed by atoms with Gasteiger partial charge in [-0.2, -0.15) is 4.98 Å². The fraction of sp³-hybridized carbons (Fsp3) is 0.400. The zero-order valence-corrected chi connectivity index (χ0v) is 13.8. The number of aromatic nitrogens is 3. The van der Waals surface area contributed by atoms with E-state index in [0.717, 1.165) is 17.8 Å². The van der Waals surface area contributed by atoms with Crippen LogP contribution in [0.4, 0.5) is 23.3 Å². The van der Waals surface area contributed by atoms with Gasteiger partial charge in [0.15, 0.2) is 11.6 Å². The minimum absolute atomic E-state index is 0.124. The van der Waals surface area contributed by atoms with Crippen molar-refractivity contribution in [3.63, 3.8) is 0 Å². The molecular weight excluding hydrogens is 326 g/mol. The van der Waals surface area contributed by atoms with Gasteiger partial charge < -0.3 is 20.3 Å². The molecule has 25 heavy (non-hydrogen) atoms. The van der Waals surface area contributed by atoms with Gasteiger partial charge in [0.2, 0.25) is 11.8 Å². The van der Waals surface area contributed by atoms with E-state index in [2.05, 4.69) is 19.9 Å². The summed E-state index contributed by atoms with van der Waals surface area (Å²) in [7, 11) is 0. The van der Waals surface area contributed by atoms with Crippen molar-refractivity contribution in [3.05, 3.63) is 34.6 Å². The lowest BCUT2D eigenvalue weighted by Crippen LogP contribution is -2.47. The van der Waals surface area contributed by atoms with E-state index < -0.39 is 4.92 Å². The molecule has 1 aliphatic heterocycles. The van der Waals surface area contributed by atoms with Crippen molar-refractivity contribution in [1.82, 2.24) is 15.0 Å². The molecule has 1 saturated heterocycles. The van der Waals surface area contributed by atoms with Gasteiger partial charge in [0.1, 0.15) is 6.20 Å². The number of anilines is 3. The van der Waals surface area contributed by atoms with Crippen LogP contribution in [-0.4, -0.2) is 52.7 Å². The minimum Gasteiger partial charge on any atom is -0.490 e. The molecule has 0 bridgehead atoms. The lowest BCUT2D eigenvalue weighted by Gasteiger charge is -2.35. The Balaban J connectivity index is 1.70. The summed E-state index contributed by atoms with van der Waals surface area (Å²) in [6.45, 7) is 5.23. The maximum absolute atomic E-state index is 10.8. The van der Waals surface area contributed by atoms with Gasteiger partial charge in [0, 0.05) is 32.4 Å². The Labute approximate surface area is 144 Å². The highest BCUT2D eigenvalue weighted by Gasteiger charge is 2.24. The fourth-order valence-corrected chi connectivity index (χ4v) is 2.68. The van der Waals surface area contributed by atoms with Crippen LogP contribution < -0.4 is 20.3 Å². The zero-order chi connectivity index (χ0) is 17.8. The largest absolute Gasteiger partial charge is 0.490 e. The van der Waals surface area contributed by atoms with Gasteiger partial charge in [-0.25, -0.2) is 9.97 Å². The Morgan fingerprint density at radius 2 is 2.00 bits per heavy atom. The molecule has 1 fully saturated rings. The average Bonchev–Trinajstić information content (AvgIpc) is 2.62. The van der Waals surface area contributed by atoms with Crippen molar-refractivity contribution >= 4 is 23.3 Å². The van der Waals surface area contributed by atoms with Gasteiger partial charge in [-0.3, -0.25) is 10.1 Å². The van der Waals surface area contributed by atoms with E-state index >= 15 is 0 Å². The summed E-state index contributed by atoms with van der Waals surface area (Å²) in [5, 5.41) is 10.8. The van der Waals surface area contributed by atoms with Crippen LogP contribution in [0.15, 0.2) is 24.5 Å². The Morgan fingerprint density at radius 1 is 1.28 bits per heavy atom. The first-order valence-corrected chi connectivity index (χ1v) is 7.94. The van der Waals surface area contributed by atoms with Gasteiger partial charge >= 0.3 is 5.69 Å². The second kappa shape index (κ2) is 7.16. The molecule has 10 heteroatoms. The standard InChI is InChI=1S/C15H19N7O3/c1-2-25-12-4-3-5-17-14(12)20-6-8-21(9-7-20)15-18-10-11(22(23)24)13(16)19-15/h3-5,10H,2,6-9H2,1H3,(H2,16,18,19). The molecule has 10 nitrogen and oxygen atoms in total. The minimum atomic E-state index is -0.590. The van der Waals surface area contributed by atoms with Crippen LogP contribution in [0.3, 0.4) is 0 Å². The highest BCUT2D eigenvalue weighted by molar-refractivity contribution is 5.56. The van der Waals surface area contributed by atoms with Gasteiger partial charge in [0.25, 0.3) is 0 Å². The van der Waals surface area contributed by atoms with E-state index in [9.17, 15) is 10.1 Å². The molecule has 2 aromatic heterocycles. The summed E-state index contributed by atoms with van der Waals surface area (Å²) in [6.07, 6.45) is 2.89. The van der Waals surface area contributed by atoms with Gasteiger partial charge in [-0.15, -0.1) is 0 Å². The SMILES string of the molecule is CCOc1cccnc1N1CCN(c2ncc([N+](=O)[O-])c(N)n2)CC1. The number of ether oxygens (including phenoxy) is 1. The third-order valence-corrected chi connectivity index (χ3v) is 3.89. The molecule has 2 aromatic rings. The van der Waals surface area contributed by atoms with Crippen LogP contribution in [0, 0.1) is 10.1 Å². The Kier molecular flexibility index (Phi) is 4.78. The van der Waals surface area contributed by atoms with Crippen molar-refractivity contribution < 1.29 is 9.66 Å². The lowest BCUT2D eigenvalue weighted by molar-refractivity contribution is -0.384. The molecule has 3 rings (SSSR count). The predicted octanol–water partition coefficient (Wildman–Crippen LogP) is 1.09. The van der Waals surface area contributed by atoms with Crippen LogP contribution in [0.2, 0.25) is 0 Å². The third-order valence-electron chi connectivity index (χ3n) is 3.89. The summed E-state index contributed by atoms with van der Waals surface area (Å²) in [4.78, 5) is 26.8. The maximum atomic E-state index is 10.8. The molecule has 0 saturated carbocycles. The van der Waals surface area contributed by atoms with Crippen molar-refractivity contribution in [2.45, 2.75) is 6.92 Å². The Bertz CT molecular complexity index is 763. The van der Waals surface area contributed by atoms with Crippen LogP contribution in [0.25, 0.3) is 0 Å². The van der Waals surface area contributed by atoms with Gasteiger partial charge in [-0.05, 0) is 19.1 Å². The number of piperazine rings is 1. The van der Waals surface area contributed by atoms with E-state index in [0.29, 0.717) is 38.7 Å². The quantitative estimate of drug-likeness (QED) is 0.626. The van der Waals surface area contributed by atoms with Gasteiger partial charge in [0.05, 0.1) is 11.5 Å². The molecule has 0 atom stereocenters. The highest BCUT2D eigenvalue weighted by atomic mass is 16.6. The molecule has 1 aliphatic rings. The summed E-state index contributed by atoms with van der Waals surface area (Å²) in [5.74, 6) is 1.84. The topological polar surface area (TPSA) is 124 Å². The molecular formula is C15H19N7O3. The number of nitrogens with two attached hydrogens (primary N) is 1. The number of nitro groups is 1. The molecule has 0 amide bonds. The van der Waals surface area contributed by atoms with Crippen molar-refractivity contribution in [1.29, 1.82) is 0 Å². The second-order valence-electron chi connectivity index (χ2n) is 5.43. The molecule has 0 aliphatic carbocycles. The number of nitrogens with zero attached hydrogens (tertiary/aromatic N) is 6. The maximum Gasteiger partial charge on any atom is 0.329 e. The lowest BCUT2D eigenvalue weighted by atomic mass is 10.3. The molecule has 0 spiro atoms. The summed E-state index contributed by atoms with van der Waals surface area (Å²) >= 11 is 0. The first-order chi connectivity index (χ1) is 12.1. The van der Waals surface area contributed by atoms with E-state index in [-0.39, 0.29) is 11.5 Å². The molecule has 0 unspecified atom stereocenters. The average molecular weight is 345 g/mol. The normalized spacial score (nSPS) is 14.4. The number of rotatable bonds is 5.